The first-order chi connectivity index (χ1) is 10.4. The van der Waals surface area contributed by atoms with Crippen LogP contribution in [0.3, 0.4) is 0 Å². The van der Waals surface area contributed by atoms with Crippen molar-refractivity contribution in [2.24, 2.45) is 0 Å². The van der Waals surface area contributed by atoms with Crippen LogP contribution in [-0.2, 0) is 13.1 Å². The van der Waals surface area contributed by atoms with E-state index in [4.69, 9.17) is 0 Å². The predicted octanol–water partition coefficient (Wildman–Crippen LogP) is 4.22. The summed E-state index contributed by atoms with van der Waals surface area (Å²) in [5.74, 6) is 0. The summed E-state index contributed by atoms with van der Waals surface area (Å²) in [6.07, 6.45) is -1.29. The van der Waals surface area contributed by atoms with Gasteiger partial charge in [0.05, 0.1) is 5.60 Å². The van der Waals surface area contributed by atoms with Gasteiger partial charge in [-0.2, -0.15) is 0 Å². The summed E-state index contributed by atoms with van der Waals surface area (Å²) < 4.78 is 14.3. The van der Waals surface area contributed by atoms with E-state index in [1.807, 2.05) is 65.6 Å². The summed E-state index contributed by atoms with van der Waals surface area (Å²) in [5, 5.41) is 9.87. The van der Waals surface area contributed by atoms with Crippen LogP contribution in [0, 0.1) is 0 Å². The largest absolute Gasteiger partial charge is 0.387 e. The van der Waals surface area contributed by atoms with Gasteiger partial charge < -0.3 is 5.11 Å². The van der Waals surface area contributed by atoms with Gasteiger partial charge in [-0.05, 0) is 25.0 Å². The molecule has 1 N–H and O–H groups in total. The van der Waals surface area contributed by atoms with E-state index in [0.717, 1.165) is 11.1 Å². The molecule has 126 valence electrons. The van der Waals surface area contributed by atoms with Gasteiger partial charge in [-0.1, -0.05) is 60.7 Å². The second-order valence-electron chi connectivity index (χ2n) is 6.26. The van der Waals surface area contributed by atoms with Crippen LogP contribution >= 0.6 is 12.4 Å². The molecule has 0 heterocycles. The molecule has 2 aromatic carbocycles. The van der Waals surface area contributed by atoms with Gasteiger partial charge in [0.1, 0.15) is 6.17 Å². The van der Waals surface area contributed by atoms with Crippen molar-refractivity contribution in [1.29, 1.82) is 0 Å². The van der Waals surface area contributed by atoms with Gasteiger partial charge in [-0.3, -0.25) is 4.90 Å². The molecule has 2 rings (SSSR count). The Morgan fingerprint density at radius 2 is 1.30 bits per heavy atom. The number of nitrogens with zero attached hydrogens (tertiary/aromatic N) is 1. The zero-order valence-electron chi connectivity index (χ0n) is 13.7. The molecule has 2 nitrogen and oxygen atoms in total. The average Bonchev–Trinajstić information content (AvgIpc) is 2.48. The van der Waals surface area contributed by atoms with Gasteiger partial charge in [0, 0.05) is 19.6 Å². The van der Waals surface area contributed by atoms with Crippen molar-refractivity contribution in [2.45, 2.75) is 38.7 Å². The van der Waals surface area contributed by atoms with Gasteiger partial charge in [0.15, 0.2) is 0 Å². The number of rotatable bonds is 7. The monoisotopic (exact) mass is 337 g/mol. The SMILES string of the molecule is CC(C)(O)[C@H](F)CN(Cc1ccccc1)Cc1ccccc1.Cl. The van der Waals surface area contributed by atoms with Crippen LogP contribution < -0.4 is 0 Å². The number of alkyl halides is 1. The lowest BCUT2D eigenvalue weighted by Crippen LogP contribution is -2.41. The molecule has 0 aliphatic rings. The van der Waals surface area contributed by atoms with Gasteiger partial charge in [0.25, 0.3) is 0 Å². The predicted molar refractivity (Wildman–Crippen MR) is 95.4 cm³/mol. The maximum absolute atomic E-state index is 14.3. The molecule has 0 spiro atoms. The highest BCUT2D eigenvalue weighted by Crippen LogP contribution is 2.17. The third-order valence-corrected chi connectivity index (χ3v) is 3.68. The molecule has 0 aliphatic carbocycles. The molecule has 0 saturated carbocycles. The molecule has 0 aromatic heterocycles. The minimum Gasteiger partial charge on any atom is -0.387 e. The Labute approximate surface area is 144 Å². The van der Waals surface area contributed by atoms with E-state index in [1.54, 1.807) is 0 Å². The van der Waals surface area contributed by atoms with Gasteiger partial charge in [-0.25, -0.2) is 4.39 Å². The van der Waals surface area contributed by atoms with Gasteiger partial charge in [-0.15, -0.1) is 12.4 Å². The van der Waals surface area contributed by atoms with Gasteiger partial charge in [0.2, 0.25) is 0 Å². The Morgan fingerprint density at radius 1 is 0.913 bits per heavy atom. The van der Waals surface area contributed by atoms with Crippen LogP contribution in [0.5, 0.6) is 0 Å². The summed E-state index contributed by atoms with van der Waals surface area (Å²) >= 11 is 0. The maximum Gasteiger partial charge on any atom is 0.141 e. The van der Waals surface area contributed by atoms with Crippen LogP contribution in [0.4, 0.5) is 4.39 Å². The molecular weight excluding hydrogens is 313 g/mol. The van der Waals surface area contributed by atoms with E-state index in [9.17, 15) is 9.50 Å². The lowest BCUT2D eigenvalue weighted by Gasteiger charge is -2.29. The number of halogens is 2. The first-order valence-electron chi connectivity index (χ1n) is 7.62. The average molecular weight is 338 g/mol. The third kappa shape index (κ3) is 6.69. The van der Waals surface area contributed by atoms with Crippen LogP contribution in [0.2, 0.25) is 0 Å². The topological polar surface area (TPSA) is 23.5 Å². The normalized spacial score (nSPS) is 12.7. The molecule has 0 unspecified atom stereocenters. The molecular formula is C19H25ClFNO. The Kier molecular flexibility index (Phi) is 7.69. The summed E-state index contributed by atoms with van der Waals surface area (Å²) in [6, 6.07) is 20.0. The Bertz CT molecular complexity index is 515. The first kappa shape index (κ1) is 19.6. The number of benzene rings is 2. The minimum atomic E-state index is -1.33. The number of hydrogen-bond acceptors (Lipinski definition) is 2. The van der Waals surface area contributed by atoms with E-state index in [1.165, 1.54) is 13.8 Å². The fourth-order valence-corrected chi connectivity index (χ4v) is 2.32. The van der Waals surface area contributed by atoms with Crippen LogP contribution in [0.1, 0.15) is 25.0 Å². The van der Waals surface area contributed by atoms with E-state index in [-0.39, 0.29) is 19.0 Å². The maximum atomic E-state index is 14.3. The van der Waals surface area contributed by atoms with Crippen molar-refractivity contribution in [1.82, 2.24) is 4.90 Å². The minimum absolute atomic E-state index is 0. The summed E-state index contributed by atoms with van der Waals surface area (Å²) in [5.41, 5.74) is 0.953. The number of hydrogen-bond donors (Lipinski definition) is 1. The molecule has 1 atom stereocenters. The highest BCUT2D eigenvalue weighted by Gasteiger charge is 2.28. The van der Waals surface area contributed by atoms with Crippen LogP contribution in [0.25, 0.3) is 0 Å². The zero-order chi connectivity index (χ0) is 16.0. The molecule has 0 bridgehead atoms. The van der Waals surface area contributed by atoms with Crippen molar-refractivity contribution in [3.8, 4) is 0 Å². The van der Waals surface area contributed by atoms with Gasteiger partial charge >= 0.3 is 0 Å². The molecule has 23 heavy (non-hydrogen) atoms. The molecule has 0 aliphatic heterocycles. The van der Waals surface area contributed by atoms with Crippen LogP contribution in [-0.4, -0.2) is 28.3 Å². The van der Waals surface area contributed by atoms with Crippen LogP contribution in [0.15, 0.2) is 60.7 Å². The summed E-state index contributed by atoms with van der Waals surface area (Å²) in [4.78, 5) is 2.04. The zero-order valence-corrected chi connectivity index (χ0v) is 14.5. The van der Waals surface area contributed by atoms with E-state index in [2.05, 4.69) is 0 Å². The summed E-state index contributed by atoms with van der Waals surface area (Å²) in [7, 11) is 0. The van der Waals surface area contributed by atoms with Crippen molar-refractivity contribution in [3.63, 3.8) is 0 Å². The van der Waals surface area contributed by atoms with E-state index < -0.39 is 11.8 Å². The van der Waals surface area contributed by atoms with E-state index >= 15 is 0 Å². The quantitative estimate of drug-likeness (QED) is 0.817. The molecule has 0 radical (unpaired) electrons. The molecule has 4 heteroatoms. The van der Waals surface area contributed by atoms with Crippen molar-refractivity contribution in [2.75, 3.05) is 6.54 Å². The second-order valence-corrected chi connectivity index (χ2v) is 6.26. The molecule has 0 amide bonds. The second kappa shape index (κ2) is 9.02. The standard InChI is InChI=1S/C19H24FNO.ClH/c1-19(2,22)18(20)15-21(13-16-9-5-3-6-10-16)14-17-11-7-4-8-12-17;/h3-12,18,22H,13-15H2,1-2H3;1H/t18-;/m1./s1. The van der Waals surface area contributed by atoms with Crippen molar-refractivity contribution >= 4 is 12.4 Å². The smallest absolute Gasteiger partial charge is 0.141 e. The highest BCUT2D eigenvalue weighted by atomic mass is 35.5. The van der Waals surface area contributed by atoms with Crippen molar-refractivity contribution in [3.05, 3.63) is 71.8 Å². The highest BCUT2D eigenvalue weighted by molar-refractivity contribution is 5.85. The summed E-state index contributed by atoms with van der Waals surface area (Å²) in [6.45, 7) is 4.55. The Morgan fingerprint density at radius 3 is 1.65 bits per heavy atom. The fraction of sp³-hybridized carbons (Fsp3) is 0.368. The first-order valence-corrected chi connectivity index (χ1v) is 7.62. The Balaban J connectivity index is 0.00000264. The molecule has 2 aromatic rings. The molecule has 0 saturated heterocycles. The molecule has 0 fully saturated rings. The third-order valence-electron chi connectivity index (χ3n) is 3.68. The lowest BCUT2D eigenvalue weighted by molar-refractivity contribution is -0.0207. The fourth-order valence-electron chi connectivity index (χ4n) is 2.32. The number of aliphatic hydroxyl groups is 1. The lowest BCUT2D eigenvalue weighted by atomic mass is 10.0. The van der Waals surface area contributed by atoms with E-state index in [0.29, 0.717) is 13.1 Å². The Hall–Kier alpha value is -1.42. The van der Waals surface area contributed by atoms with Crippen molar-refractivity contribution < 1.29 is 9.50 Å².